The lowest BCUT2D eigenvalue weighted by molar-refractivity contribution is -0.106. The Bertz CT molecular complexity index is 329. The molecule has 1 aromatic carbocycles. The lowest BCUT2D eigenvalue weighted by Gasteiger charge is -2.29. The Hall–Kier alpha value is -1.10. The van der Waals surface area contributed by atoms with E-state index in [0.717, 1.165) is 31.9 Å². The average Bonchev–Trinajstić information content (AvgIpc) is 2.42. The van der Waals surface area contributed by atoms with Crippen molar-refractivity contribution >= 4 is 5.69 Å². The van der Waals surface area contributed by atoms with Gasteiger partial charge in [-0.05, 0) is 12.1 Å². The fraction of sp³-hybridized carbons (Fsp3) is 0.538. The van der Waals surface area contributed by atoms with Crippen LogP contribution in [0.3, 0.4) is 0 Å². The Balaban J connectivity index is 2.06. The molecule has 1 aliphatic rings. The summed E-state index contributed by atoms with van der Waals surface area (Å²) in [7, 11) is 3.29. The minimum atomic E-state index is -0.284. The molecule has 0 aromatic heterocycles. The van der Waals surface area contributed by atoms with Gasteiger partial charge >= 0.3 is 0 Å². The molecule has 0 saturated carbocycles. The van der Waals surface area contributed by atoms with Crippen molar-refractivity contribution in [2.45, 2.75) is 6.29 Å². The van der Waals surface area contributed by atoms with Crippen LogP contribution in [0, 0.1) is 0 Å². The minimum absolute atomic E-state index is 0.284. The number of hydrogen-bond donors (Lipinski definition) is 0. The lowest BCUT2D eigenvalue weighted by Crippen LogP contribution is -2.36. The molecule has 0 bridgehead atoms. The van der Waals surface area contributed by atoms with Gasteiger partial charge in [-0.2, -0.15) is 0 Å². The highest BCUT2D eigenvalue weighted by atomic mass is 16.7. The van der Waals surface area contributed by atoms with Crippen molar-refractivity contribution in [3.8, 4) is 0 Å². The highest BCUT2D eigenvalue weighted by Crippen LogP contribution is 2.22. The Morgan fingerprint density at radius 3 is 2.18 bits per heavy atom. The molecule has 0 N–H and O–H groups in total. The van der Waals surface area contributed by atoms with Crippen LogP contribution >= 0.6 is 0 Å². The minimum Gasteiger partial charge on any atom is -0.378 e. The molecule has 1 heterocycles. The molecule has 17 heavy (non-hydrogen) atoms. The van der Waals surface area contributed by atoms with Gasteiger partial charge in [-0.15, -0.1) is 0 Å². The maximum atomic E-state index is 5.34. The fourth-order valence-corrected chi connectivity index (χ4v) is 2.03. The molecule has 2 rings (SSSR count). The van der Waals surface area contributed by atoms with Crippen molar-refractivity contribution < 1.29 is 14.2 Å². The third-order valence-corrected chi connectivity index (χ3v) is 2.97. The topological polar surface area (TPSA) is 30.9 Å². The molecule has 0 amide bonds. The fourth-order valence-electron chi connectivity index (χ4n) is 2.03. The number of benzene rings is 1. The van der Waals surface area contributed by atoms with E-state index in [1.54, 1.807) is 14.2 Å². The first-order valence-corrected chi connectivity index (χ1v) is 5.83. The smallest absolute Gasteiger partial charge is 0.183 e. The summed E-state index contributed by atoms with van der Waals surface area (Å²) >= 11 is 0. The van der Waals surface area contributed by atoms with Gasteiger partial charge in [0.25, 0.3) is 0 Å². The van der Waals surface area contributed by atoms with E-state index in [1.165, 1.54) is 5.69 Å². The molecule has 1 fully saturated rings. The third kappa shape index (κ3) is 2.97. The summed E-state index contributed by atoms with van der Waals surface area (Å²) in [4.78, 5) is 2.32. The van der Waals surface area contributed by atoms with Crippen molar-refractivity contribution in [1.82, 2.24) is 0 Å². The standard InChI is InChI=1S/C13H19NO3/c1-15-13(16-2)11-3-5-12(6-4-11)14-7-9-17-10-8-14/h3-6,13H,7-10H2,1-2H3. The third-order valence-electron chi connectivity index (χ3n) is 2.97. The number of morpholine rings is 1. The van der Waals surface area contributed by atoms with Gasteiger partial charge in [0.1, 0.15) is 0 Å². The summed E-state index contributed by atoms with van der Waals surface area (Å²) in [5.74, 6) is 0. The monoisotopic (exact) mass is 237 g/mol. The van der Waals surface area contributed by atoms with Gasteiger partial charge in [-0.1, -0.05) is 12.1 Å². The summed E-state index contributed by atoms with van der Waals surface area (Å²) in [6.07, 6.45) is -0.284. The second-order valence-corrected chi connectivity index (χ2v) is 3.99. The number of methoxy groups -OCH3 is 2. The van der Waals surface area contributed by atoms with E-state index in [4.69, 9.17) is 14.2 Å². The van der Waals surface area contributed by atoms with E-state index in [1.807, 2.05) is 12.1 Å². The van der Waals surface area contributed by atoms with Gasteiger partial charge in [0, 0.05) is 38.6 Å². The van der Waals surface area contributed by atoms with E-state index in [-0.39, 0.29) is 6.29 Å². The van der Waals surface area contributed by atoms with Gasteiger partial charge < -0.3 is 19.1 Å². The maximum absolute atomic E-state index is 5.34. The summed E-state index contributed by atoms with van der Waals surface area (Å²) in [6, 6.07) is 8.29. The van der Waals surface area contributed by atoms with Crippen LogP contribution in [0.25, 0.3) is 0 Å². The van der Waals surface area contributed by atoms with Crippen LogP contribution in [0.4, 0.5) is 5.69 Å². The van der Waals surface area contributed by atoms with Crippen molar-refractivity contribution in [3.05, 3.63) is 29.8 Å². The largest absolute Gasteiger partial charge is 0.378 e. The lowest BCUT2D eigenvalue weighted by atomic mass is 10.2. The molecule has 0 unspecified atom stereocenters. The predicted molar refractivity (Wildman–Crippen MR) is 66.2 cm³/mol. The van der Waals surface area contributed by atoms with Gasteiger partial charge in [0.05, 0.1) is 13.2 Å². The van der Waals surface area contributed by atoms with Gasteiger partial charge in [0.2, 0.25) is 0 Å². The molecule has 4 heteroatoms. The molecular formula is C13H19NO3. The van der Waals surface area contributed by atoms with Crippen molar-refractivity contribution in [1.29, 1.82) is 0 Å². The molecule has 1 saturated heterocycles. The number of rotatable bonds is 4. The molecule has 0 spiro atoms. The molecule has 1 aliphatic heterocycles. The Kier molecular flexibility index (Phi) is 4.36. The Morgan fingerprint density at radius 2 is 1.65 bits per heavy atom. The summed E-state index contributed by atoms with van der Waals surface area (Å²) in [5, 5.41) is 0. The molecule has 1 aromatic rings. The van der Waals surface area contributed by atoms with Gasteiger partial charge in [-0.3, -0.25) is 0 Å². The number of nitrogens with zero attached hydrogens (tertiary/aromatic N) is 1. The van der Waals surface area contributed by atoms with Crippen LogP contribution in [0.2, 0.25) is 0 Å². The second kappa shape index (κ2) is 6.00. The summed E-state index contributed by atoms with van der Waals surface area (Å²) < 4.78 is 15.8. The number of anilines is 1. The Morgan fingerprint density at radius 1 is 1.06 bits per heavy atom. The average molecular weight is 237 g/mol. The van der Waals surface area contributed by atoms with Crippen LogP contribution in [0.5, 0.6) is 0 Å². The SMILES string of the molecule is COC(OC)c1ccc(N2CCOCC2)cc1. The zero-order valence-electron chi connectivity index (χ0n) is 10.4. The van der Waals surface area contributed by atoms with Crippen LogP contribution in [-0.4, -0.2) is 40.5 Å². The van der Waals surface area contributed by atoms with Crippen molar-refractivity contribution in [3.63, 3.8) is 0 Å². The van der Waals surface area contributed by atoms with E-state index in [2.05, 4.69) is 17.0 Å². The molecule has 0 atom stereocenters. The van der Waals surface area contributed by atoms with Crippen LogP contribution < -0.4 is 4.90 Å². The molecule has 0 radical (unpaired) electrons. The highest BCUT2D eigenvalue weighted by molar-refractivity contribution is 5.48. The van der Waals surface area contributed by atoms with E-state index < -0.39 is 0 Å². The van der Waals surface area contributed by atoms with E-state index in [0.29, 0.717) is 0 Å². The van der Waals surface area contributed by atoms with Crippen molar-refractivity contribution in [2.75, 3.05) is 45.4 Å². The van der Waals surface area contributed by atoms with Crippen LogP contribution in [-0.2, 0) is 14.2 Å². The van der Waals surface area contributed by atoms with E-state index in [9.17, 15) is 0 Å². The zero-order chi connectivity index (χ0) is 12.1. The first-order chi connectivity index (χ1) is 8.35. The molecule has 4 nitrogen and oxygen atoms in total. The summed E-state index contributed by atoms with van der Waals surface area (Å²) in [5.41, 5.74) is 2.26. The molecular weight excluding hydrogens is 218 g/mol. The maximum Gasteiger partial charge on any atom is 0.183 e. The van der Waals surface area contributed by atoms with Crippen LogP contribution in [0.15, 0.2) is 24.3 Å². The van der Waals surface area contributed by atoms with Gasteiger partial charge in [0.15, 0.2) is 6.29 Å². The molecule has 0 aliphatic carbocycles. The number of hydrogen-bond acceptors (Lipinski definition) is 4. The Labute approximate surface area is 102 Å². The summed E-state index contributed by atoms with van der Waals surface area (Å²) in [6.45, 7) is 3.52. The normalized spacial score (nSPS) is 16.5. The zero-order valence-corrected chi connectivity index (χ0v) is 10.4. The highest BCUT2D eigenvalue weighted by Gasteiger charge is 2.12. The van der Waals surface area contributed by atoms with Crippen molar-refractivity contribution in [2.24, 2.45) is 0 Å². The predicted octanol–water partition coefficient (Wildman–Crippen LogP) is 1.81. The first-order valence-electron chi connectivity index (χ1n) is 5.83. The van der Waals surface area contributed by atoms with Gasteiger partial charge in [-0.25, -0.2) is 0 Å². The second-order valence-electron chi connectivity index (χ2n) is 3.99. The quantitative estimate of drug-likeness (QED) is 0.747. The van der Waals surface area contributed by atoms with Crippen LogP contribution in [0.1, 0.15) is 11.9 Å². The molecule has 94 valence electrons. The van der Waals surface area contributed by atoms with E-state index >= 15 is 0 Å². The number of ether oxygens (including phenoxy) is 3. The first kappa shape index (κ1) is 12.4.